The lowest BCUT2D eigenvalue weighted by atomic mass is 10.1. The molecule has 2 saturated heterocycles. The third-order valence-electron chi connectivity index (χ3n) is 3.97. The van der Waals surface area contributed by atoms with Gasteiger partial charge in [0, 0.05) is 13.1 Å². The van der Waals surface area contributed by atoms with Crippen molar-refractivity contribution in [3.63, 3.8) is 0 Å². The normalized spacial score (nSPS) is 31.6. The van der Waals surface area contributed by atoms with Crippen LogP contribution in [0.15, 0.2) is 0 Å². The van der Waals surface area contributed by atoms with Crippen LogP contribution >= 0.6 is 0 Å². The van der Waals surface area contributed by atoms with E-state index in [1.165, 1.54) is 4.90 Å². The van der Waals surface area contributed by atoms with E-state index in [-0.39, 0.29) is 18.2 Å². The molecule has 6 nitrogen and oxygen atoms in total. The van der Waals surface area contributed by atoms with Gasteiger partial charge in [0.2, 0.25) is 0 Å². The minimum absolute atomic E-state index is 0.0117. The third kappa shape index (κ3) is 2.83. The van der Waals surface area contributed by atoms with E-state index in [9.17, 15) is 9.59 Å². The fraction of sp³-hybridized carbons (Fsp3) is 0.846. The minimum Gasteiger partial charge on any atom is -0.480 e. The molecule has 2 aliphatic heterocycles. The van der Waals surface area contributed by atoms with Gasteiger partial charge in [0.25, 0.3) is 0 Å². The Labute approximate surface area is 113 Å². The maximum atomic E-state index is 12.6. The molecular weight excluding hydrogens is 248 g/mol. The van der Waals surface area contributed by atoms with Gasteiger partial charge in [-0.3, -0.25) is 0 Å². The number of urea groups is 1. The molecule has 0 bridgehead atoms. The number of carbonyl (C=O) groups excluding carboxylic acids is 1. The zero-order valence-corrected chi connectivity index (χ0v) is 11.5. The molecule has 108 valence electrons. The molecule has 19 heavy (non-hydrogen) atoms. The van der Waals surface area contributed by atoms with E-state index in [0.717, 1.165) is 12.8 Å². The van der Waals surface area contributed by atoms with Crippen molar-refractivity contribution < 1.29 is 19.4 Å². The monoisotopic (exact) mass is 270 g/mol. The summed E-state index contributed by atoms with van der Waals surface area (Å²) in [7, 11) is 0. The molecule has 0 aliphatic carbocycles. The zero-order valence-electron chi connectivity index (χ0n) is 11.5. The van der Waals surface area contributed by atoms with Gasteiger partial charge in [-0.1, -0.05) is 6.92 Å². The van der Waals surface area contributed by atoms with Crippen LogP contribution < -0.4 is 0 Å². The number of carboxylic acids is 1. The van der Waals surface area contributed by atoms with Crippen LogP contribution in [0.25, 0.3) is 0 Å². The fourth-order valence-electron chi connectivity index (χ4n) is 2.83. The predicted octanol–water partition coefficient (Wildman–Crippen LogP) is 1.15. The molecule has 2 unspecified atom stereocenters. The molecule has 0 aromatic carbocycles. The summed E-state index contributed by atoms with van der Waals surface area (Å²) in [6, 6.07) is -0.756. The first-order chi connectivity index (χ1) is 9.04. The molecule has 6 heteroatoms. The molecule has 2 rings (SSSR count). The molecular formula is C13H22N2O4. The second-order valence-corrected chi connectivity index (χ2v) is 5.33. The SMILES string of the molecule is CCC1COC(C)CN1C(=O)N1CCC[C@H]1C(=O)O. The maximum Gasteiger partial charge on any atom is 0.326 e. The molecule has 2 heterocycles. The van der Waals surface area contributed by atoms with Gasteiger partial charge >= 0.3 is 12.0 Å². The fourth-order valence-corrected chi connectivity index (χ4v) is 2.83. The summed E-state index contributed by atoms with van der Waals surface area (Å²) in [5.74, 6) is -0.903. The van der Waals surface area contributed by atoms with Crippen molar-refractivity contribution in [2.75, 3.05) is 19.7 Å². The Kier molecular flexibility index (Phi) is 4.29. The largest absolute Gasteiger partial charge is 0.480 e. The van der Waals surface area contributed by atoms with Crippen molar-refractivity contribution in [1.82, 2.24) is 9.80 Å². The Morgan fingerprint density at radius 1 is 1.37 bits per heavy atom. The van der Waals surface area contributed by atoms with Crippen molar-refractivity contribution in [2.24, 2.45) is 0 Å². The third-order valence-corrected chi connectivity index (χ3v) is 3.97. The number of ether oxygens (including phenoxy) is 1. The van der Waals surface area contributed by atoms with Crippen LogP contribution in [0.4, 0.5) is 4.79 Å². The Bertz CT molecular complexity index is 361. The molecule has 0 spiro atoms. The van der Waals surface area contributed by atoms with Crippen molar-refractivity contribution in [2.45, 2.75) is 51.3 Å². The summed E-state index contributed by atoms with van der Waals surface area (Å²) in [4.78, 5) is 27.0. The number of morpholine rings is 1. The summed E-state index contributed by atoms with van der Waals surface area (Å²) in [5, 5.41) is 9.17. The number of carboxylic acid groups (broad SMARTS) is 1. The van der Waals surface area contributed by atoms with E-state index in [1.54, 1.807) is 4.90 Å². The van der Waals surface area contributed by atoms with E-state index < -0.39 is 12.0 Å². The molecule has 0 radical (unpaired) electrons. The van der Waals surface area contributed by atoms with Gasteiger partial charge in [0.15, 0.2) is 0 Å². The van der Waals surface area contributed by atoms with Gasteiger partial charge in [-0.25, -0.2) is 9.59 Å². The van der Waals surface area contributed by atoms with E-state index in [2.05, 4.69) is 0 Å². The lowest BCUT2D eigenvalue weighted by Crippen LogP contribution is -2.57. The molecule has 0 aromatic rings. The van der Waals surface area contributed by atoms with Crippen LogP contribution in [0.3, 0.4) is 0 Å². The molecule has 0 aromatic heterocycles. The van der Waals surface area contributed by atoms with Gasteiger partial charge in [0.05, 0.1) is 18.8 Å². The summed E-state index contributed by atoms with van der Waals surface area (Å²) in [6.45, 7) is 5.57. The maximum absolute atomic E-state index is 12.6. The average molecular weight is 270 g/mol. The van der Waals surface area contributed by atoms with Gasteiger partial charge in [-0.05, 0) is 26.2 Å². The molecule has 3 atom stereocenters. The average Bonchev–Trinajstić information content (AvgIpc) is 2.87. The first-order valence-corrected chi connectivity index (χ1v) is 6.96. The highest BCUT2D eigenvalue weighted by molar-refractivity contribution is 5.83. The quantitative estimate of drug-likeness (QED) is 0.817. The minimum atomic E-state index is -0.903. The number of amides is 2. The topological polar surface area (TPSA) is 70.1 Å². The highest BCUT2D eigenvalue weighted by atomic mass is 16.5. The van der Waals surface area contributed by atoms with Crippen LogP contribution in [0, 0.1) is 0 Å². The van der Waals surface area contributed by atoms with Crippen molar-refractivity contribution in [3.8, 4) is 0 Å². The molecule has 2 amide bonds. The number of hydrogen-bond donors (Lipinski definition) is 1. The Hall–Kier alpha value is -1.30. The first kappa shape index (κ1) is 14.1. The van der Waals surface area contributed by atoms with Gasteiger partial charge in [-0.15, -0.1) is 0 Å². The first-order valence-electron chi connectivity index (χ1n) is 6.96. The number of likely N-dealkylation sites (tertiary alicyclic amines) is 1. The summed E-state index contributed by atoms with van der Waals surface area (Å²) >= 11 is 0. The highest BCUT2D eigenvalue weighted by Gasteiger charge is 2.39. The lowest BCUT2D eigenvalue weighted by Gasteiger charge is -2.40. The number of rotatable bonds is 2. The Morgan fingerprint density at radius 3 is 2.74 bits per heavy atom. The van der Waals surface area contributed by atoms with Crippen molar-refractivity contribution in [3.05, 3.63) is 0 Å². The summed E-state index contributed by atoms with van der Waals surface area (Å²) in [5.41, 5.74) is 0. The smallest absolute Gasteiger partial charge is 0.326 e. The van der Waals surface area contributed by atoms with Crippen LogP contribution in [0.1, 0.15) is 33.1 Å². The van der Waals surface area contributed by atoms with E-state index in [4.69, 9.17) is 9.84 Å². The molecule has 1 N–H and O–H groups in total. The van der Waals surface area contributed by atoms with E-state index >= 15 is 0 Å². The second-order valence-electron chi connectivity index (χ2n) is 5.33. The van der Waals surface area contributed by atoms with Crippen molar-refractivity contribution >= 4 is 12.0 Å². The van der Waals surface area contributed by atoms with Crippen molar-refractivity contribution in [1.29, 1.82) is 0 Å². The van der Waals surface area contributed by atoms with Crippen LogP contribution in [0.2, 0.25) is 0 Å². The second kappa shape index (κ2) is 5.77. The molecule has 2 aliphatic rings. The number of hydrogen-bond acceptors (Lipinski definition) is 3. The lowest BCUT2D eigenvalue weighted by molar-refractivity contribution is -0.141. The van der Waals surface area contributed by atoms with Crippen LogP contribution in [0.5, 0.6) is 0 Å². The molecule has 2 fully saturated rings. The predicted molar refractivity (Wildman–Crippen MR) is 69.0 cm³/mol. The van der Waals surface area contributed by atoms with Gasteiger partial charge in [-0.2, -0.15) is 0 Å². The molecule has 0 saturated carbocycles. The van der Waals surface area contributed by atoms with Crippen LogP contribution in [-0.2, 0) is 9.53 Å². The number of aliphatic carboxylic acids is 1. The Morgan fingerprint density at radius 2 is 2.11 bits per heavy atom. The highest BCUT2D eigenvalue weighted by Crippen LogP contribution is 2.23. The zero-order chi connectivity index (χ0) is 14.0. The Balaban J connectivity index is 2.10. The number of nitrogens with zero attached hydrogens (tertiary/aromatic N) is 2. The van der Waals surface area contributed by atoms with E-state index in [0.29, 0.717) is 26.1 Å². The summed E-state index contributed by atoms with van der Waals surface area (Å²) < 4.78 is 5.57. The van der Waals surface area contributed by atoms with Gasteiger partial charge < -0.3 is 19.6 Å². The van der Waals surface area contributed by atoms with Gasteiger partial charge in [0.1, 0.15) is 6.04 Å². The standard InChI is InChI=1S/C13H22N2O4/c1-3-10-8-19-9(2)7-15(10)13(18)14-6-4-5-11(14)12(16)17/h9-11H,3-8H2,1-2H3,(H,16,17)/t9?,10?,11-/m0/s1. The van der Waals surface area contributed by atoms with E-state index in [1.807, 2.05) is 13.8 Å². The number of carbonyl (C=O) groups is 2. The summed E-state index contributed by atoms with van der Waals surface area (Å²) in [6.07, 6.45) is 2.15. The van der Waals surface area contributed by atoms with Crippen LogP contribution in [-0.4, -0.2) is 64.8 Å².